The molecule has 1 saturated carbocycles. The van der Waals surface area contributed by atoms with Crippen LogP contribution < -0.4 is 5.32 Å². The van der Waals surface area contributed by atoms with Crippen LogP contribution in [-0.4, -0.2) is 23.8 Å². The molecule has 2 N–H and O–H groups in total. The van der Waals surface area contributed by atoms with Crippen LogP contribution in [-0.2, 0) is 0 Å². The fourth-order valence-corrected chi connectivity index (χ4v) is 1.78. The van der Waals surface area contributed by atoms with Crippen molar-refractivity contribution >= 4 is 0 Å². The van der Waals surface area contributed by atoms with E-state index in [4.69, 9.17) is 6.42 Å². The van der Waals surface area contributed by atoms with Crippen LogP contribution in [0.4, 0.5) is 0 Å². The van der Waals surface area contributed by atoms with Crippen LogP contribution in [0.25, 0.3) is 0 Å². The normalized spacial score (nSPS) is 28.3. The fourth-order valence-electron chi connectivity index (χ4n) is 1.78. The molecule has 0 radical (unpaired) electrons. The van der Waals surface area contributed by atoms with Gasteiger partial charge in [0, 0.05) is 12.5 Å². The number of nitrogens with one attached hydrogen (secondary N) is 1. The Balaban J connectivity index is 2.00. The molecule has 1 rings (SSSR count). The molecule has 0 atom stereocenters. The first kappa shape index (κ1) is 10.6. The minimum absolute atomic E-state index is 0.0521. The minimum atomic E-state index is -0.0521. The first-order chi connectivity index (χ1) is 6.33. The van der Waals surface area contributed by atoms with E-state index >= 15 is 0 Å². The summed E-state index contributed by atoms with van der Waals surface area (Å²) >= 11 is 0. The molecule has 1 aliphatic rings. The molecule has 2 heteroatoms. The van der Waals surface area contributed by atoms with Gasteiger partial charge in [-0.05, 0) is 38.6 Å². The molecule has 2 nitrogen and oxygen atoms in total. The molecular formula is C11H19NO. The zero-order chi connectivity index (χ0) is 9.52. The average Bonchev–Trinajstić information content (AvgIpc) is 2.15. The lowest BCUT2D eigenvalue weighted by molar-refractivity contribution is 0.117. The second-order valence-electron chi connectivity index (χ2n) is 3.77. The van der Waals surface area contributed by atoms with Gasteiger partial charge in [0.1, 0.15) is 0 Å². The van der Waals surface area contributed by atoms with Crippen molar-refractivity contribution in [1.82, 2.24) is 5.32 Å². The van der Waals surface area contributed by atoms with E-state index in [1.807, 2.05) is 0 Å². The molecule has 0 bridgehead atoms. The first-order valence-electron chi connectivity index (χ1n) is 5.18. The number of unbranched alkanes of at least 4 members (excludes halogenated alkanes) is 1. The van der Waals surface area contributed by atoms with Crippen LogP contribution in [0.5, 0.6) is 0 Å². The summed E-state index contributed by atoms with van der Waals surface area (Å²) in [6.45, 7) is 1.02. The van der Waals surface area contributed by atoms with Gasteiger partial charge in [-0.15, -0.1) is 12.3 Å². The molecule has 74 valence electrons. The minimum Gasteiger partial charge on any atom is -0.393 e. The number of hydrogen-bond donors (Lipinski definition) is 2. The highest BCUT2D eigenvalue weighted by atomic mass is 16.3. The van der Waals surface area contributed by atoms with Gasteiger partial charge in [-0.1, -0.05) is 0 Å². The van der Waals surface area contributed by atoms with Gasteiger partial charge in [0.15, 0.2) is 0 Å². The molecule has 0 unspecified atom stereocenters. The van der Waals surface area contributed by atoms with Gasteiger partial charge in [-0.25, -0.2) is 0 Å². The van der Waals surface area contributed by atoms with Crippen molar-refractivity contribution in [1.29, 1.82) is 0 Å². The number of hydrogen-bond acceptors (Lipinski definition) is 2. The van der Waals surface area contributed by atoms with Crippen molar-refractivity contribution in [3.05, 3.63) is 0 Å². The molecule has 13 heavy (non-hydrogen) atoms. The van der Waals surface area contributed by atoms with E-state index in [1.54, 1.807) is 0 Å². The molecule has 0 aromatic carbocycles. The van der Waals surface area contributed by atoms with E-state index < -0.39 is 0 Å². The second-order valence-corrected chi connectivity index (χ2v) is 3.77. The lowest BCUT2D eigenvalue weighted by Gasteiger charge is -2.26. The summed E-state index contributed by atoms with van der Waals surface area (Å²) in [7, 11) is 0. The molecule has 0 saturated heterocycles. The van der Waals surface area contributed by atoms with Crippen LogP contribution in [0.3, 0.4) is 0 Å². The second kappa shape index (κ2) is 6.01. The molecule has 0 spiro atoms. The maximum atomic E-state index is 9.28. The third-order valence-electron chi connectivity index (χ3n) is 2.63. The molecule has 1 aliphatic carbocycles. The molecular weight excluding hydrogens is 162 g/mol. The summed E-state index contributed by atoms with van der Waals surface area (Å²) in [5, 5.41) is 12.8. The van der Waals surface area contributed by atoms with E-state index in [0.29, 0.717) is 6.04 Å². The molecule has 1 fully saturated rings. The lowest BCUT2D eigenvalue weighted by Crippen LogP contribution is -2.35. The number of aliphatic hydroxyl groups is 1. The number of aliphatic hydroxyl groups excluding tert-OH is 1. The van der Waals surface area contributed by atoms with Crippen molar-refractivity contribution in [3.63, 3.8) is 0 Å². The van der Waals surface area contributed by atoms with Crippen LogP contribution in [0.2, 0.25) is 0 Å². The van der Waals surface area contributed by atoms with Gasteiger partial charge in [0.05, 0.1) is 6.10 Å². The number of rotatable bonds is 4. The van der Waals surface area contributed by atoms with E-state index in [1.165, 1.54) is 0 Å². The number of terminal acetylenes is 1. The maximum absolute atomic E-state index is 9.28. The van der Waals surface area contributed by atoms with E-state index in [2.05, 4.69) is 11.2 Å². The van der Waals surface area contributed by atoms with Crippen molar-refractivity contribution in [2.24, 2.45) is 0 Å². The predicted octanol–water partition coefficient (Wildman–Crippen LogP) is 1.29. The quantitative estimate of drug-likeness (QED) is 0.506. The van der Waals surface area contributed by atoms with E-state index in [0.717, 1.165) is 45.1 Å². The van der Waals surface area contributed by atoms with Crippen molar-refractivity contribution in [2.75, 3.05) is 6.54 Å². The van der Waals surface area contributed by atoms with Crippen molar-refractivity contribution in [2.45, 2.75) is 50.7 Å². The summed E-state index contributed by atoms with van der Waals surface area (Å²) in [6, 6.07) is 0.612. The standard InChI is InChI=1S/C11H19NO/c1-2-3-4-9-12-10-5-7-11(13)8-6-10/h1,10-13H,3-9H2. The van der Waals surface area contributed by atoms with E-state index in [9.17, 15) is 5.11 Å². The smallest absolute Gasteiger partial charge is 0.0541 e. The fraction of sp³-hybridized carbons (Fsp3) is 0.818. The third kappa shape index (κ3) is 4.31. The highest BCUT2D eigenvalue weighted by molar-refractivity contribution is 4.84. The zero-order valence-corrected chi connectivity index (χ0v) is 8.13. The molecule has 0 aromatic rings. The summed E-state index contributed by atoms with van der Waals surface area (Å²) in [5.41, 5.74) is 0. The molecule has 0 amide bonds. The predicted molar refractivity (Wildman–Crippen MR) is 54.3 cm³/mol. The van der Waals surface area contributed by atoms with Crippen molar-refractivity contribution < 1.29 is 5.11 Å². The van der Waals surface area contributed by atoms with Crippen molar-refractivity contribution in [3.8, 4) is 12.3 Å². The van der Waals surface area contributed by atoms with Crippen LogP contribution >= 0.6 is 0 Å². The first-order valence-corrected chi connectivity index (χ1v) is 5.18. The van der Waals surface area contributed by atoms with Gasteiger partial charge in [0.2, 0.25) is 0 Å². The van der Waals surface area contributed by atoms with Crippen LogP contribution in [0.1, 0.15) is 38.5 Å². The monoisotopic (exact) mass is 181 g/mol. The van der Waals surface area contributed by atoms with Gasteiger partial charge < -0.3 is 10.4 Å². The van der Waals surface area contributed by atoms with Crippen LogP contribution in [0.15, 0.2) is 0 Å². The van der Waals surface area contributed by atoms with Gasteiger partial charge in [0.25, 0.3) is 0 Å². The largest absolute Gasteiger partial charge is 0.393 e. The summed E-state index contributed by atoms with van der Waals surface area (Å²) < 4.78 is 0. The lowest BCUT2D eigenvalue weighted by atomic mass is 9.93. The maximum Gasteiger partial charge on any atom is 0.0541 e. The molecule has 0 aliphatic heterocycles. The Hall–Kier alpha value is -0.520. The summed E-state index contributed by atoms with van der Waals surface area (Å²) in [5.74, 6) is 2.63. The summed E-state index contributed by atoms with van der Waals surface area (Å²) in [6.07, 6.45) is 11.2. The van der Waals surface area contributed by atoms with Gasteiger partial charge in [-0.3, -0.25) is 0 Å². The van der Waals surface area contributed by atoms with Crippen LogP contribution in [0, 0.1) is 12.3 Å². The Labute approximate surface area is 80.7 Å². The van der Waals surface area contributed by atoms with Gasteiger partial charge >= 0.3 is 0 Å². The van der Waals surface area contributed by atoms with E-state index in [-0.39, 0.29) is 6.10 Å². The zero-order valence-electron chi connectivity index (χ0n) is 8.13. The van der Waals surface area contributed by atoms with Gasteiger partial charge in [-0.2, -0.15) is 0 Å². The molecule has 0 heterocycles. The molecule has 0 aromatic heterocycles. The average molecular weight is 181 g/mol. The third-order valence-corrected chi connectivity index (χ3v) is 2.63. The highest BCUT2D eigenvalue weighted by Gasteiger charge is 2.17. The highest BCUT2D eigenvalue weighted by Crippen LogP contribution is 2.18. The Morgan fingerprint density at radius 1 is 1.31 bits per heavy atom. The summed E-state index contributed by atoms with van der Waals surface area (Å²) in [4.78, 5) is 0. The SMILES string of the molecule is C#CCCCNC1CCC(O)CC1. The Kier molecular flexibility index (Phi) is 4.88. The Bertz CT molecular complexity index is 165. The Morgan fingerprint density at radius 2 is 2.00 bits per heavy atom. The topological polar surface area (TPSA) is 32.3 Å². The Morgan fingerprint density at radius 3 is 2.62 bits per heavy atom.